The lowest BCUT2D eigenvalue weighted by Gasteiger charge is -2.35. The summed E-state index contributed by atoms with van der Waals surface area (Å²) in [6.07, 6.45) is 1.25. The van der Waals surface area contributed by atoms with Gasteiger partial charge in [-0.05, 0) is 31.5 Å². The van der Waals surface area contributed by atoms with Crippen LogP contribution in [0, 0.1) is 0 Å². The lowest BCUT2D eigenvalue weighted by Crippen LogP contribution is -2.48. The number of hydrogen-bond acceptors (Lipinski definition) is 6. The normalized spacial score (nSPS) is 26.2. The smallest absolute Gasteiger partial charge is 0.120 e. The van der Waals surface area contributed by atoms with E-state index in [1.54, 1.807) is 18.4 Å². The maximum absolute atomic E-state index is 5.50. The van der Waals surface area contributed by atoms with Crippen molar-refractivity contribution in [1.29, 1.82) is 0 Å². The summed E-state index contributed by atoms with van der Waals surface area (Å²) in [7, 11) is 1.71. The van der Waals surface area contributed by atoms with Crippen LogP contribution in [0.3, 0.4) is 0 Å². The zero-order chi connectivity index (χ0) is 16.5. The minimum absolute atomic E-state index is 0.574. The minimum atomic E-state index is 0.574. The molecule has 2 aliphatic heterocycles. The SMILES string of the molecule is COc1ccc2nc(CN3CC[C@@H](N4CCOCC4)[C@H]3C)sc2c1. The first kappa shape index (κ1) is 16.3. The molecule has 0 bridgehead atoms. The van der Waals surface area contributed by atoms with Gasteiger partial charge in [-0.2, -0.15) is 0 Å². The van der Waals surface area contributed by atoms with Crippen LogP contribution in [0.2, 0.25) is 0 Å². The summed E-state index contributed by atoms with van der Waals surface area (Å²) in [4.78, 5) is 10.00. The van der Waals surface area contributed by atoms with E-state index in [1.807, 2.05) is 6.07 Å². The van der Waals surface area contributed by atoms with Gasteiger partial charge in [0.25, 0.3) is 0 Å². The highest BCUT2D eigenvalue weighted by atomic mass is 32.1. The van der Waals surface area contributed by atoms with Crippen LogP contribution in [0.15, 0.2) is 18.2 Å². The largest absolute Gasteiger partial charge is 0.497 e. The Morgan fingerprint density at radius 1 is 1.29 bits per heavy atom. The first-order valence-corrected chi connectivity index (χ1v) is 9.55. The number of methoxy groups -OCH3 is 1. The molecule has 0 radical (unpaired) electrons. The van der Waals surface area contributed by atoms with Crippen molar-refractivity contribution < 1.29 is 9.47 Å². The number of thiazole rings is 1. The highest BCUT2D eigenvalue weighted by Gasteiger charge is 2.35. The van der Waals surface area contributed by atoms with Crippen molar-refractivity contribution in [2.75, 3.05) is 40.0 Å². The summed E-state index contributed by atoms with van der Waals surface area (Å²) in [5.41, 5.74) is 1.08. The number of ether oxygens (including phenoxy) is 2. The summed E-state index contributed by atoms with van der Waals surface area (Å²) < 4.78 is 12.0. The molecule has 24 heavy (non-hydrogen) atoms. The Balaban J connectivity index is 1.45. The van der Waals surface area contributed by atoms with E-state index in [4.69, 9.17) is 14.5 Å². The quantitative estimate of drug-likeness (QED) is 0.850. The number of morpholine rings is 1. The third-order valence-corrected chi connectivity index (χ3v) is 6.34. The van der Waals surface area contributed by atoms with E-state index in [-0.39, 0.29) is 0 Å². The van der Waals surface area contributed by atoms with Crippen LogP contribution in [0.1, 0.15) is 18.4 Å². The van der Waals surface area contributed by atoms with Gasteiger partial charge in [-0.15, -0.1) is 11.3 Å². The van der Waals surface area contributed by atoms with Crippen LogP contribution in [0.5, 0.6) is 5.75 Å². The lowest BCUT2D eigenvalue weighted by atomic mass is 10.1. The van der Waals surface area contributed by atoms with Crippen molar-refractivity contribution in [3.8, 4) is 5.75 Å². The number of fused-ring (bicyclic) bond motifs is 1. The van der Waals surface area contributed by atoms with Gasteiger partial charge in [0.15, 0.2) is 0 Å². The summed E-state index contributed by atoms with van der Waals surface area (Å²) in [6, 6.07) is 7.35. The molecule has 2 aliphatic rings. The third-order valence-electron chi connectivity index (χ3n) is 5.34. The van der Waals surface area contributed by atoms with Gasteiger partial charge in [-0.1, -0.05) is 0 Å². The Morgan fingerprint density at radius 3 is 2.92 bits per heavy atom. The average molecular weight is 347 g/mol. The van der Waals surface area contributed by atoms with Gasteiger partial charge in [0, 0.05) is 31.7 Å². The average Bonchev–Trinajstić information content (AvgIpc) is 3.18. The van der Waals surface area contributed by atoms with Crippen LogP contribution < -0.4 is 4.74 Å². The van der Waals surface area contributed by atoms with E-state index in [2.05, 4.69) is 28.9 Å². The van der Waals surface area contributed by atoms with Crippen LogP contribution >= 0.6 is 11.3 Å². The number of rotatable bonds is 4. The molecular weight excluding hydrogens is 322 g/mol. The summed E-state index contributed by atoms with van der Waals surface area (Å²) in [6.45, 7) is 8.37. The van der Waals surface area contributed by atoms with Gasteiger partial charge in [-0.3, -0.25) is 9.80 Å². The second-order valence-electron chi connectivity index (χ2n) is 6.66. The molecule has 0 saturated carbocycles. The summed E-state index contributed by atoms with van der Waals surface area (Å²) in [5, 5.41) is 1.20. The predicted octanol–water partition coefficient (Wildman–Crippen LogP) is 2.60. The van der Waals surface area contributed by atoms with Gasteiger partial charge >= 0.3 is 0 Å². The van der Waals surface area contributed by atoms with E-state index < -0.39 is 0 Å². The van der Waals surface area contributed by atoms with E-state index >= 15 is 0 Å². The van der Waals surface area contributed by atoms with Gasteiger partial charge in [0.1, 0.15) is 10.8 Å². The van der Waals surface area contributed by atoms with E-state index in [0.717, 1.165) is 50.7 Å². The Bertz CT molecular complexity index is 699. The molecule has 2 atom stereocenters. The van der Waals surface area contributed by atoms with Crippen molar-refractivity contribution in [1.82, 2.24) is 14.8 Å². The Kier molecular flexibility index (Phi) is 4.72. The number of benzene rings is 1. The van der Waals surface area contributed by atoms with Gasteiger partial charge in [0.05, 0.1) is 37.1 Å². The van der Waals surface area contributed by atoms with Gasteiger partial charge in [-0.25, -0.2) is 4.98 Å². The van der Waals surface area contributed by atoms with Gasteiger partial charge in [0.2, 0.25) is 0 Å². The fourth-order valence-corrected chi connectivity index (χ4v) is 4.95. The van der Waals surface area contributed by atoms with E-state index in [0.29, 0.717) is 12.1 Å². The fraction of sp³-hybridized carbons (Fsp3) is 0.611. The summed E-state index contributed by atoms with van der Waals surface area (Å²) in [5.74, 6) is 0.902. The number of likely N-dealkylation sites (tertiary alicyclic amines) is 1. The number of hydrogen-bond donors (Lipinski definition) is 0. The molecule has 6 heteroatoms. The maximum Gasteiger partial charge on any atom is 0.120 e. The molecule has 130 valence electrons. The van der Waals surface area contributed by atoms with Crippen molar-refractivity contribution in [2.45, 2.75) is 32.0 Å². The highest BCUT2D eigenvalue weighted by molar-refractivity contribution is 7.18. The third kappa shape index (κ3) is 3.16. The molecule has 3 heterocycles. The molecule has 2 aromatic rings. The Hall–Kier alpha value is -1.21. The predicted molar refractivity (Wildman–Crippen MR) is 96.8 cm³/mol. The topological polar surface area (TPSA) is 37.8 Å². The summed E-state index contributed by atoms with van der Waals surface area (Å²) >= 11 is 1.79. The Morgan fingerprint density at radius 2 is 2.12 bits per heavy atom. The van der Waals surface area contributed by atoms with E-state index in [9.17, 15) is 0 Å². The van der Waals surface area contributed by atoms with E-state index in [1.165, 1.54) is 16.1 Å². The second kappa shape index (κ2) is 6.96. The molecule has 0 N–H and O–H groups in total. The molecule has 0 amide bonds. The maximum atomic E-state index is 5.50. The second-order valence-corrected chi connectivity index (χ2v) is 7.77. The van der Waals surface area contributed by atoms with Crippen molar-refractivity contribution in [2.24, 2.45) is 0 Å². The van der Waals surface area contributed by atoms with Crippen LogP contribution in [0.4, 0.5) is 0 Å². The first-order valence-electron chi connectivity index (χ1n) is 8.74. The lowest BCUT2D eigenvalue weighted by molar-refractivity contribution is 0.00984. The molecule has 1 aromatic carbocycles. The molecule has 2 saturated heterocycles. The van der Waals surface area contributed by atoms with Crippen molar-refractivity contribution in [3.05, 3.63) is 23.2 Å². The monoisotopic (exact) mass is 347 g/mol. The molecule has 0 unspecified atom stereocenters. The molecule has 4 rings (SSSR count). The molecule has 5 nitrogen and oxygen atoms in total. The zero-order valence-corrected chi connectivity index (χ0v) is 15.2. The zero-order valence-electron chi connectivity index (χ0n) is 14.4. The molecule has 0 spiro atoms. The van der Waals surface area contributed by atoms with Crippen molar-refractivity contribution in [3.63, 3.8) is 0 Å². The fourth-order valence-electron chi connectivity index (χ4n) is 3.93. The van der Waals surface area contributed by atoms with Crippen LogP contribution in [0.25, 0.3) is 10.2 Å². The first-order chi connectivity index (χ1) is 11.7. The minimum Gasteiger partial charge on any atom is -0.497 e. The standard InChI is InChI=1S/C18H25N3O2S/c1-13-16(20-7-9-23-10-8-20)5-6-21(13)12-18-19-15-4-3-14(22-2)11-17(15)24-18/h3-4,11,13,16H,5-10,12H2,1-2H3/t13-,16-/m1/s1. The van der Waals surface area contributed by atoms with Crippen LogP contribution in [-0.2, 0) is 11.3 Å². The molecule has 0 aliphatic carbocycles. The Labute approximate surface area is 147 Å². The van der Waals surface area contributed by atoms with Gasteiger partial charge < -0.3 is 9.47 Å². The highest BCUT2D eigenvalue weighted by Crippen LogP contribution is 2.30. The van der Waals surface area contributed by atoms with Crippen molar-refractivity contribution >= 4 is 21.6 Å². The molecule has 2 fully saturated rings. The number of nitrogens with zero attached hydrogens (tertiary/aromatic N) is 3. The van der Waals surface area contributed by atoms with Crippen LogP contribution in [-0.4, -0.2) is 66.8 Å². The number of aromatic nitrogens is 1. The molecular formula is C18H25N3O2S. The molecule has 1 aromatic heterocycles.